The second-order valence-electron chi connectivity index (χ2n) is 5.57. The van der Waals surface area contributed by atoms with Crippen LogP contribution in [0.2, 0.25) is 0 Å². The molecule has 116 valence electrons. The molecular weight excluding hydrogens is 280 g/mol. The maximum Gasteiger partial charge on any atom is 0.251 e. The maximum atomic E-state index is 12.5. The molecule has 1 saturated carbocycles. The van der Waals surface area contributed by atoms with E-state index in [9.17, 15) is 4.79 Å². The summed E-state index contributed by atoms with van der Waals surface area (Å²) in [6.45, 7) is 3.09. The van der Waals surface area contributed by atoms with Crippen LogP contribution in [-0.4, -0.2) is 36.5 Å². The zero-order valence-corrected chi connectivity index (χ0v) is 13.8. The van der Waals surface area contributed by atoms with Crippen LogP contribution in [0.1, 0.15) is 42.1 Å². The number of thioether (sulfide) groups is 1. The molecule has 0 saturated heterocycles. The largest absolute Gasteiger partial charge is 0.349 e. The van der Waals surface area contributed by atoms with E-state index >= 15 is 0 Å². The van der Waals surface area contributed by atoms with E-state index in [1.165, 1.54) is 6.42 Å². The van der Waals surface area contributed by atoms with E-state index in [1.807, 2.05) is 37.0 Å². The smallest absolute Gasteiger partial charge is 0.251 e. The first-order chi connectivity index (χ1) is 10.2. The minimum Gasteiger partial charge on any atom is -0.349 e. The SMILES string of the molecule is CCSC1CCC(NC(=O)c2ccccc2CCNC)C1. The van der Waals surface area contributed by atoms with Crippen LogP contribution in [-0.2, 0) is 6.42 Å². The first-order valence-electron chi connectivity index (χ1n) is 7.89. The average molecular weight is 306 g/mol. The van der Waals surface area contributed by atoms with Gasteiger partial charge in [0.1, 0.15) is 0 Å². The van der Waals surface area contributed by atoms with Gasteiger partial charge in [0.05, 0.1) is 0 Å². The summed E-state index contributed by atoms with van der Waals surface area (Å²) in [7, 11) is 1.94. The molecule has 2 unspecified atom stereocenters. The van der Waals surface area contributed by atoms with Crippen molar-refractivity contribution in [1.82, 2.24) is 10.6 Å². The predicted octanol–water partition coefficient (Wildman–Crippen LogP) is 2.85. The Labute approximate surface area is 132 Å². The molecule has 21 heavy (non-hydrogen) atoms. The molecule has 1 amide bonds. The summed E-state index contributed by atoms with van der Waals surface area (Å²) in [5, 5.41) is 7.09. The van der Waals surface area contributed by atoms with Crippen molar-refractivity contribution in [2.24, 2.45) is 0 Å². The Morgan fingerprint density at radius 1 is 1.33 bits per heavy atom. The van der Waals surface area contributed by atoms with Crippen molar-refractivity contribution < 1.29 is 4.79 Å². The van der Waals surface area contributed by atoms with Crippen LogP contribution >= 0.6 is 11.8 Å². The molecule has 4 heteroatoms. The zero-order chi connectivity index (χ0) is 15.1. The summed E-state index contributed by atoms with van der Waals surface area (Å²) in [5.41, 5.74) is 1.96. The molecule has 1 aliphatic carbocycles. The first-order valence-corrected chi connectivity index (χ1v) is 8.94. The highest BCUT2D eigenvalue weighted by Gasteiger charge is 2.26. The molecule has 2 atom stereocenters. The maximum absolute atomic E-state index is 12.5. The fourth-order valence-electron chi connectivity index (χ4n) is 2.94. The highest BCUT2D eigenvalue weighted by molar-refractivity contribution is 7.99. The van der Waals surface area contributed by atoms with Crippen LogP contribution in [0.15, 0.2) is 24.3 Å². The molecular formula is C17H26N2OS. The van der Waals surface area contributed by atoms with Gasteiger partial charge < -0.3 is 10.6 Å². The monoisotopic (exact) mass is 306 g/mol. The molecule has 0 bridgehead atoms. The van der Waals surface area contributed by atoms with Crippen molar-refractivity contribution in [1.29, 1.82) is 0 Å². The topological polar surface area (TPSA) is 41.1 Å². The van der Waals surface area contributed by atoms with E-state index in [1.54, 1.807) is 0 Å². The quantitative estimate of drug-likeness (QED) is 0.814. The Kier molecular flexibility index (Phi) is 6.58. The highest BCUT2D eigenvalue weighted by atomic mass is 32.2. The normalized spacial score (nSPS) is 21.4. The summed E-state index contributed by atoms with van der Waals surface area (Å²) in [6.07, 6.45) is 4.34. The predicted molar refractivity (Wildman–Crippen MR) is 91.1 cm³/mol. The fourth-order valence-corrected chi connectivity index (χ4v) is 4.08. The van der Waals surface area contributed by atoms with Crippen molar-refractivity contribution in [3.8, 4) is 0 Å². The Hall–Kier alpha value is -1.00. The molecule has 1 aliphatic rings. The van der Waals surface area contributed by atoms with E-state index in [4.69, 9.17) is 0 Å². The molecule has 1 aromatic carbocycles. The summed E-state index contributed by atoms with van der Waals surface area (Å²) < 4.78 is 0. The standard InChI is InChI=1S/C17H26N2OS/c1-3-21-15-9-8-14(12-15)19-17(20)16-7-5-4-6-13(16)10-11-18-2/h4-7,14-15,18H,3,8-12H2,1-2H3,(H,19,20). The van der Waals surface area contributed by atoms with Crippen LogP contribution in [0.5, 0.6) is 0 Å². The van der Waals surface area contributed by atoms with Crippen molar-refractivity contribution in [2.45, 2.75) is 43.9 Å². The molecule has 0 aromatic heterocycles. The van der Waals surface area contributed by atoms with Gasteiger partial charge in [-0.1, -0.05) is 25.1 Å². The second-order valence-corrected chi connectivity index (χ2v) is 7.15. The number of carbonyl (C=O) groups is 1. The summed E-state index contributed by atoms with van der Waals surface area (Å²) >= 11 is 2.02. The molecule has 1 fully saturated rings. The second kappa shape index (κ2) is 8.44. The van der Waals surface area contributed by atoms with E-state index in [0.717, 1.165) is 47.9 Å². The van der Waals surface area contributed by atoms with Crippen LogP contribution in [0.4, 0.5) is 0 Å². The van der Waals surface area contributed by atoms with Gasteiger partial charge in [-0.25, -0.2) is 0 Å². The Bertz CT molecular complexity index is 464. The molecule has 0 spiro atoms. The summed E-state index contributed by atoms with van der Waals surface area (Å²) in [4.78, 5) is 12.5. The van der Waals surface area contributed by atoms with E-state index in [0.29, 0.717) is 6.04 Å². The number of rotatable bonds is 7. The third kappa shape index (κ3) is 4.75. The number of carbonyl (C=O) groups excluding carboxylic acids is 1. The number of hydrogen-bond acceptors (Lipinski definition) is 3. The molecule has 0 heterocycles. The van der Waals surface area contributed by atoms with Gasteiger partial charge in [-0.2, -0.15) is 11.8 Å². The van der Waals surface area contributed by atoms with Gasteiger partial charge in [0.2, 0.25) is 0 Å². The number of likely N-dealkylation sites (N-methyl/N-ethyl adjacent to an activating group) is 1. The van der Waals surface area contributed by atoms with E-state index in [2.05, 4.69) is 23.6 Å². The lowest BCUT2D eigenvalue weighted by atomic mass is 10.0. The van der Waals surface area contributed by atoms with Crippen LogP contribution < -0.4 is 10.6 Å². The lowest BCUT2D eigenvalue weighted by Crippen LogP contribution is -2.33. The van der Waals surface area contributed by atoms with E-state index in [-0.39, 0.29) is 5.91 Å². The van der Waals surface area contributed by atoms with Gasteiger partial charge in [0.15, 0.2) is 0 Å². The van der Waals surface area contributed by atoms with E-state index < -0.39 is 0 Å². The van der Waals surface area contributed by atoms with Gasteiger partial charge in [0, 0.05) is 16.9 Å². The minimum absolute atomic E-state index is 0.0915. The Morgan fingerprint density at radius 2 is 2.14 bits per heavy atom. The summed E-state index contributed by atoms with van der Waals surface area (Å²) in [6, 6.07) is 8.29. The zero-order valence-electron chi connectivity index (χ0n) is 13.0. The van der Waals surface area contributed by atoms with Gasteiger partial charge in [0.25, 0.3) is 5.91 Å². The van der Waals surface area contributed by atoms with Crippen molar-refractivity contribution >= 4 is 17.7 Å². The molecule has 2 rings (SSSR count). The number of amides is 1. The van der Waals surface area contributed by atoms with Gasteiger partial charge in [-0.15, -0.1) is 0 Å². The van der Waals surface area contributed by atoms with Crippen LogP contribution in [0.3, 0.4) is 0 Å². The first kappa shape index (κ1) is 16.4. The van der Waals surface area contributed by atoms with Gasteiger partial charge in [-0.3, -0.25) is 4.79 Å². The lowest BCUT2D eigenvalue weighted by Gasteiger charge is -2.15. The van der Waals surface area contributed by atoms with Crippen molar-refractivity contribution in [3.63, 3.8) is 0 Å². The molecule has 2 N–H and O–H groups in total. The number of hydrogen-bond donors (Lipinski definition) is 2. The summed E-state index contributed by atoms with van der Waals surface area (Å²) in [5.74, 6) is 1.26. The highest BCUT2D eigenvalue weighted by Crippen LogP contribution is 2.29. The minimum atomic E-state index is 0.0915. The van der Waals surface area contributed by atoms with Crippen LogP contribution in [0, 0.1) is 0 Å². The third-order valence-electron chi connectivity index (χ3n) is 4.03. The van der Waals surface area contributed by atoms with Gasteiger partial charge in [-0.05, 0) is 56.7 Å². The van der Waals surface area contributed by atoms with Crippen molar-refractivity contribution in [3.05, 3.63) is 35.4 Å². The Morgan fingerprint density at radius 3 is 2.90 bits per heavy atom. The lowest BCUT2D eigenvalue weighted by molar-refractivity contribution is 0.0937. The Balaban J connectivity index is 1.94. The number of benzene rings is 1. The van der Waals surface area contributed by atoms with Crippen molar-refractivity contribution in [2.75, 3.05) is 19.3 Å². The molecule has 1 aromatic rings. The number of nitrogens with one attached hydrogen (secondary N) is 2. The molecule has 0 aliphatic heterocycles. The fraction of sp³-hybridized carbons (Fsp3) is 0.588. The van der Waals surface area contributed by atoms with Gasteiger partial charge >= 0.3 is 0 Å². The molecule has 3 nitrogen and oxygen atoms in total. The third-order valence-corrected chi connectivity index (χ3v) is 5.26. The van der Waals surface area contributed by atoms with Crippen LogP contribution in [0.25, 0.3) is 0 Å². The molecule has 0 radical (unpaired) electrons. The average Bonchev–Trinajstić information content (AvgIpc) is 2.93.